The molecule has 3 N–H and O–H groups in total. The van der Waals surface area contributed by atoms with E-state index in [0.717, 1.165) is 56.8 Å². The summed E-state index contributed by atoms with van der Waals surface area (Å²) in [5.41, 5.74) is 1.36. The fraction of sp³-hybridized carbons (Fsp3) is 0.961. The number of carbonyl (C=O) groups excluding carboxylic acids is 2. The lowest BCUT2D eigenvalue weighted by molar-refractivity contribution is -0.174. The number of fused-ring (bicyclic) bond motifs is 10. The molecule has 0 spiro atoms. The van der Waals surface area contributed by atoms with E-state index in [2.05, 4.69) is 48.5 Å². The van der Waals surface area contributed by atoms with Gasteiger partial charge >= 0.3 is 11.9 Å². The molecule has 0 aromatic rings. The number of hydrogen-bond donors (Lipinski definition) is 3. The van der Waals surface area contributed by atoms with Crippen molar-refractivity contribution in [1.29, 1.82) is 0 Å². The van der Waals surface area contributed by atoms with Crippen LogP contribution < -0.4 is 0 Å². The van der Waals surface area contributed by atoms with Crippen molar-refractivity contribution in [2.45, 2.75) is 195 Å². The number of ether oxygens (including phenoxy) is 2. The molecular weight excluding hydrogens is 725 g/mol. The van der Waals surface area contributed by atoms with Gasteiger partial charge in [0.25, 0.3) is 0 Å². The van der Waals surface area contributed by atoms with Crippen molar-refractivity contribution < 1.29 is 34.4 Å². The molecule has 0 saturated heterocycles. The van der Waals surface area contributed by atoms with Gasteiger partial charge in [-0.15, -0.1) is 0 Å². The van der Waals surface area contributed by atoms with Crippen LogP contribution in [0.3, 0.4) is 0 Å². The highest BCUT2D eigenvalue weighted by Gasteiger charge is 2.64. The van der Waals surface area contributed by atoms with Crippen LogP contribution in [0.2, 0.25) is 0 Å². The second-order valence-electron chi connectivity index (χ2n) is 23.5. The molecule has 0 heterocycles. The summed E-state index contributed by atoms with van der Waals surface area (Å²) in [7, 11) is 2.97. The predicted molar refractivity (Wildman–Crippen MR) is 229 cm³/mol. The van der Waals surface area contributed by atoms with Gasteiger partial charge in [-0.3, -0.25) is 9.59 Å². The van der Waals surface area contributed by atoms with Gasteiger partial charge < -0.3 is 24.8 Å². The number of aliphatic hydroxyl groups excluding tert-OH is 3. The van der Waals surface area contributed by atoms with E-state index in [9.17, 15) is 24.9 Å². The van der Waals surface area contributed by atoms with Crippen LogP contribution >= 0.6 is 0 Å². The predicted octanol–water partition coefficient (Wildman–Crippen LogP) is 10.4. The monoisotopic (exact) mass is 811 g/mol. The van der Waals surface area contributed by atoms with Crippen LogP contribution in [-0.2, 0) is 19.1 Å². The zero-order chi connectivity index (χ0) is 41.9. The van der Waals surface area contributed by atoms with Gasteiger partial charge in [-0.05, 0) is 208 Å². The topological polar surface area (TPSA) is 113 Å². The first kappa shape index (κ1) is 44.9. The molecule has 8 aliphatic carbocycles. The van der Waals surface area contributed by atoms with Crippen molar-refractivity contribution in [3.8, 4) is 0 Å². The lowest BCUT2D eigenvalue weighted by atomic mass is 9.43. The molecule has 7 heteroatoms. The number of rotatable bonds is 8. The van der Waals surface area contributed by atoms with Gasteiger partial charge in [-0.2, -0.15) is 0 Å². The summed E-state index contributed by atoms with van der Waals surface area (Å²) in [6, 6.07) is 0. The Hall–Kier alpha value is -1.18. The summed E-state index contributed by atoms with van der Waals surface area (Å²) in [5, 5.41) is 32.9. The number of aliphatic hydroxyl groups is 3. The van der Waals surface area contributed by atoms with Crippen molar-refractivity contribution in [2.75, 3.05) is 14.2 Å². The van der Waals surface area contributed by atoms with E-state index < -0.39 is 0 Å². The van der Waals surface area contributed by atoms with Crippen LogP contribution in [-0.4, -0.2) is 59.8 Å². The standard InChI is InChI=1S/C26H44O3.C25H42O4/c1-16-10-12-25(3)18(14-16)15-22(27)24-20-8-7-19(17(2)6-9-23(28)29-5)26(20,4)13-11-21(24)25;1-15(5-8-22(28)29-4)18-6-7-19-23-20(10-12-25(18,19)3)24(2)11-9-17(26)13-16(24)14-21(23)27/h16-22,24,27H,6-15H2,1-5H3;15-21,23,26-27H,5-14H2,1-4H3/t16-,17?,18?,19?,20?,21?,22-,24?,25+,26-;15?,16?,17-,18?,19?,20?,21-,23?,24+,25-/m11/s1. The molecule has 0 bridgehead atoms. The summed E-state index contributed by atoms with van der Waals surface area (Å²) in [6.45, 7) is 17.2. The first-order valence-corrected chi connectivity index (χ1v) is 24.6. The van der Waals surface area contributed by atoms with Gasteiger partial charge in [0, 0.05) is 12.8 Å². The largest absolute Gasteiger partial charge is 0.469 e. The third-order valence-electron chi connectivity index (χ3n) is 21.2. The molecule has 8 rings (SSSR count). The molecule has 0 aromatic heterocycles. The maximum Gasteiger partial charge on any atom is 0.305 e. The lowest BCUT2D eigenvalue weighted by Crippen LogP contribution is -2.58. The highest BCUT2D eigenvalue weighted by atomic mass is 16.5. The molecule has 0 radical (unpaired) electrons. The van der Waals surface area contributed by atoms with E-state index in [1.165, 1.54) is 84.8 Å². The van der Waals surface area contributed by atoms with E-state index in [1.54, 1.807) is 0 Å². The average molecular weight is 811 g/mol. The zero-order valence-electron chi connectivity index (χ0n) is 38.4. The molecule has 0 aliphatic heterocycles. The van der Waals surface area contributed by atoms with Crippen molar-refractivity contribution in [3.05, 3.63) is 0 Å². The molecule has 8 aliphatic rings. The van der Waals surface area contributed by atoms with Crippen LogP contribution in [0, 0.1) is 98.6 Å². The molecule has 12 unspecified atom stereocenters. The van der Waals surface area contributed by atoms with E-state index in [1.807, 2.05) is 0 Å². The Morgan fingerprint density at radius 3 is 1.40 bits per heavy atom. The molecular formula is C51H86O7. The number of hydrogen-bond acceptors (Lipinski definition) is 7. The molecule has 8 fully saturated rings. The van der Waals surface area contributed by atoms with Gasteiger partial charge in [0.15, 0.2) is 0 Å². The van der Waals surface area contributed by atoms with Crippen molar-refractivity contribution in [3.63, 3.8) is 0 Å². The summed E-state index contributed by atoms with van der Waals surface area (Å²) in [6.07, 6.45) is 21.5. The van der Waals surface area contributed by atoms with E-state index in [-0.39, 0.29) is 35.7 Å². The van der Waals surface area contributed by atoms with Crippen LogP contribution in [0.1, 0.15) is 177 Å². The SMILES string of the molecule is COC(=O)CCC(C)C1CCC2C3C(CC[C@]12C)[C@@]1(C)CC[C@@H](C)CC1C[C@H]3O.COC(=O)CCC(C)C1CCC2C3C(CC[C@]12C)[C@@]1(C)CC[C@@H](O)CC1C[C@H]3O. The third kappa shape index (κ3) is 7.78. The average Bonchev–Trinajstić information content (AvgIpc) is 3.74. The minimum absolute atomic E-state index is 0.0755. The van der Waals surface area contributed by atoms with Crippen LogP contribution in [0.15, 0.2) is 0 Å². The molecule has 332 valence electrons. The molecule has 8 saturated carbocycles. The molecule has 7 nitrogen and oxygen atoms in total. The smallest absolute Gasteiger partial charge is 0.305 e. The van der Waals surface area contributed by atoms with E-state index in [4.69, 9.17) is 9.47 Å². The van der Waals surface area contributed by atoms with Gasteiger partial charge in [0.2, 0.25) is 0 Å². The molecule has 20 atom stereocenters. The Morgan fingerprint density at radius 2 is 0.948 bits per heavy atom. The van der Waals surface area contributed by atoms with Gasteiger partial charge in [0.1, 0.15) is 0 Å². The van der Waals surface area contributed by atoms with Crippen LogP contribution in [0.25, 0.3) is 0 Å². The molecule has 0 amide bonds. The Morgan fingerprint density at radius 1 is 0.552 bits per heavy atom. The molecule has 0 aromatic carbocycles. The highest BCUT2D eigenvalue weighted by Crippen LogP contribution is 2.70. The van der Waals surface area contributed by atoms with E-state index >= 15 is 0 Å². The minimum Gasteiger partial charge on any atom is -0.469 e. The summed E-state index contributed by atoms with van der Waals surface area (Å²) < 4.78 is 9.74. The number of methoxy groups -OCH3 is 2. The fourth-order valence-electron chi connectivity index (χ4n) is 17.9. The maximum atomic E-state index is 11.7. The number of carbonyl (C=O) groups is 2. The second-order valence-corrected chi connectivity index (χ2v) is 23.5. The van der Waals surface area contributed by atoms with Crippen LogP contribution in [0.5, 0.6) is 0 Å². The Kier molecular flexibility index (Phi) is 13.3. The van der Waals surface area contributed by atoms with Crippen LogP contribution in [0.4, 0.5) is 0 Å². The van der Waals surface area contributed by atoms with Crippen molar-refractivity contribution in [2.24, 2.45) is 98.6 Å². The summed E-state index contributed by atoms with van der Waals surface area (Å²) in [5.74, 6) is 7.77. The van der Waals surface area contributed by atoms with Gasteiger partial charge in [-0.1, -0.05) is 54.9 Å². The van der Waals surface area contributed by atoms with Crippen molar-refractivity contribution in [1.82, 2.24) is 0 Å². The summed E-state index contributed by atoms with van der Waals surface area (Å²) >= 11 is 0. The normalized spacial score (nSPS) is 50.2. The van der Waals surface area contributed by atoms with Gasteiger partial charge in [0.05, 0.1) is 32.5 Å². The lowest BCUT2D eigenvalue weighted by Gasteiger charge is -2.62. The number of esters is 2. The van der Waals surface area contributed by atoms with E-state index in [0.29, 0.717) is 94.2 Å². The first-order chi connectivity index (χ1) is 27.4. The second kappa shape index (κ2) is 17.2. The first-order valence-electron chi connectivity index (χ1n) is 24.6. The fourth-order valence-corrected chi connectivity index (χ4v) is 17.9. The zero-order valence-corrected chi connectivity index (χ0v) is 38.4. The highest BCUT2D eigenvalue weighted by molar-refractivity contribution is 5.69. The third-order valence-corrected chi connectivity index (χ3v) is 21.2. The van der Waals surface area contributed by atoms with Crippen molar-refractivity contribution >= 4 is 11.9 Å². The summed E-state index contributed by atoms with van der Waals surface area (Å²) in [4.78, 5) is 23.3. The maximum absolute atomic E-state index is 11.7. The molecule has 58 heavy (non-hydrogen) atoms. The Bertz CT molecular complexity index is 1340. The van der Waals surface area contributed by atoms with Gasteiger partial charge in [-0.25, -0.2) is 0 Å². The Balaban J connectivity index is 0.000000177. The minimum atomic E-state index is -0.211. The quantitative estimate of drug-likeness (QED) is 0.209. The Labute approximate surface area is 353 Å².